The first kappa shape index (κ1) is 28.3. The van der Waals surface area contributed by atoms with Crippen molar-refractivity contribution >= 4 is 24.3 Å². The summed E-state index contributed by atoms with van der Waals surface area (Å²) in [4.78, 5) is 27.5. The van der Waals surface area contributed by atoms with E-state index in [0.29, 0.717) is 18.6 Å². The largest absolute Gasteiger partial charge is 0.383 e. The molecule has 1 aliphatic rings. The average molecular weight is 508 g/mol. The maximum Gasteiger partial charge on any atom is 0.351 e. The van der Waals surface area contributed by atoms with Gasteiger partial charge in [0, 0.05) is 18.9 Å². The molecule has 0 aliphatic carbocycles. The fraction of sp³-hybridized carbons (Fsp3) is 0.810. The van der Waals surface area contributed by atoms with Crippen molar-refractivity contribution < 1.29 is 28.2 Å². The number of anilines is 1. The normalized spacial score (nSPS) is 25.8. The van der Waals surface area contributed by atoms with Crippen molar-refractivity contribution in [2.45, 2.75) is 85.0 Å². The molecule has 2 heterocycles. The molecule has 0 radical (unpaired) electrons. The van der Waals surface area contributed by atoms with E-state index in [1.54, 1.807) is 41.0 Å². The molecule has 0 saturated carbocycles. The number of aryl methyl sites for hydroxylation is 1. The number of hydrogen-bond acceptors (Lipinski definition) is 9. The second kappa shape index (κ2) is 10.8. The number of hydrogen-bond donors (Lipinski definition) is 2. The maximum absolute atomic E-state index is 12.7. The number of methoxy groups -OCH3 is 1. The molecule has 0 spiro atoms. The molecule has 2 rings (SSSR count). The molecule has 0 amide bonds. The number of rotatable bonds is 9. The Kier molecular flexibility index (Phi) is 9.26. The smallest absolute Gasteiger partial charge is 0.351 e. The highest BCUT2D eigenvalue weighted by Crippen LogP contribution is 2.52. The summed E-state index contributed by atoms with van der Waals surface area (Å²) < 4.78 is 30.6. The van der Waals surface area contributed by atoms with Crippen LogP contribution in [0.2, 0.25) is 0 Å². The Morgan fingerprint density at radius 1 is 1.24 bits per heavy atom. The van der Waals surface area contributed by atoms with Gasteiger partial charge in [0.15, 0.2) is 6.23 Å². The van der Waals surface area contributed by atoms with Gasteiger partial charge in [0.25, 0.3) is 0 Å². The van der Waals surface area contributed by atoms with E-state index in [1.807, 2.05) is 0 Å². The summed E-state index contributed by atoms with van der Waals surface area (Å²) >= 11 is 5.32. The van der Waals surface area contributed by atoms with Crippen molar-refractivity contribution in [3.05, 3.63) is 22.2 Å². The van der Waals surface area contributed by atoms with Gasteiger partial charge in [-0.2, -0.15) is 4.98 Å². The van der Waals surface area contributed by atoms with Gasteiger partial charge < -0.3 is 29.4 Å². The predicted octanol–water partition coefficient (Wildman–Crippen LogP) is 2.92. The third-order valence-corrected chi connectivity index (χ3v) is 6.56. The van der Waals surface area contributed by atoms with Crippen LogP contribution in [0.25, 0.3) is 0 Å². The third-order valence-electron chi connectivity index (χ3n) is 4.79. The summed E-state index contributed by atoms with van der Waals surface area (Å²) in [5, 5.41) is 0. The van der Waals surface area contributed by atoms with Gasteiger partial charge >= 0.3 is 12.4 Å². The average Bonchev–Trinajstić information content (AvgIpc) is 2.91. The molecule has 1 aliphatic heterocycles. The van der Waals surface area contributed by atoms with Gasteiger partial charge in [-0.15, -0.1) is 0 Å². The minimum atomic E-state index is -3.67. The summed E-state index contributed by atoms with van der Waals surface area (Å²) in [6.07, 6.45) is -0.853. The molecule has 12 heteroatoms. The maximum atomic E-state index is 12.7. The first-order chi connectivity index (χ1) is 15.0. The van der Waals surface area contributed by atoms with E-state index >= 15 is 0 Å². The van der Waals surface area contributed by atoms with Crippen LogP contribution in [-0.4, -0.2) is 58.7 Å². The SMILES string of the molecule is COCCO[C@@H]1[C@H](OP(O)(=S)OC(C)(C)C)[C@@H](CC(C)(C)C)O[C@H]1n1cc(C)c(N)nc1=O. The van der Waals surface area contributed by atoms with Crippen molar-refractivity contribution in [3.63, 3.8) is 0 Å². The van der Waals surface area contributed by atoms with Crippen LogP contribution in [0.15, 0.2) is 11.0 Å². The lowest BCUT2D eigenvalue weighted by Crippen LogP contribution is -2.40. The standard InChI is InChI=1S/C21H38N3O7PS/c1-13-12-24(19(25)23-17(13)22)18-16(28-10-9-27-8)15(14(29-18)11-20(2,3)4)30-32(26,33)31-21(5,6)7/h12,14-16,18H,9-11H2,1-8H3,(H,26,33)(H2,22,23,25)/t14-,15-,16-,18-,32?/m1/s1. The predicted molar refractivity (Wildman–Crippen MR) is 129 cm³/mol. The Morgan fingerprint density at radius 3 is 2.42 bits per heavy atom. The first-order valence-corrected chi connectivity index (χ1v) is 13.5. The van der Waals surface area contributed by atoms with Gasteiger partial charge in [-0.25, -0.2) is 4.79 Å². The Labute approximate surface area is 201 Å². The molecule has 10 nitrogen and oxygen atoms in total. The van der Waals surface area contributed by atoms with Crippen molar-refractivity contribution in [2.75, 3.05) is 26.1 Å². The topological polar surface area (TPSA) is 127 Å². The van der Waals surface area contributed by atoms with Crippen molar-refractivity contribution in [1.82, 2.24) is 9.55 Å². The summed E-state index contributed by atoms with van der Waals surface area (Å²) in [5.41, 5.74) is 4.98. The molecule has 0 aromatic carbocycles. The van der Waals surface area contributed by atoms with Gasteiger partial charge in [-0.3, -0.25) is 9.09 Å². The molecule has 3 N–H and O–H groups in total. The van der Waals surface area contributed by atoms with E-state index in [2.05, 4.69) is 25.8 Å². The second-order valence-electron chi connectivity index (χ2n) is 10.4. The summed E-state index contributed by atoms with van der Waals surface area (Å²) in [5.74, 6) is 0.148. The van der Waals surface area contributed by atoms with Crippen molar-refractivity contribution in [2.24, 2.45) is 5.41 Å². The molecule has 1 saturated heterocycles. The van der Waals surface area contributed by atoms with Gasteiger partial charge in [0.1, 0.15) is 18.0 Å². The lowest BCUT2D eigenvalue weighted by atomic mass is 9.87. The zero-order valence-electron chi connectivity index (χ0n) is 20.7. The van der Waals surface area contributed by atoms with Crippen LogP contribution >= 0.6 is 6.72 Å². The lowest BCUT2D eigenvalue weighted by Gasteiger charge is -2.32. The van der Waals surface area contributed by atoms with E-state index in [0.717, 1.165) is 0 Å². The number of nitrogen functional groups attached to an aromatic ring is 1. The summed E-state index contributed by atoms with van der Waals surface area (Å²) in [6, 6.07) is 0. The van der Waals surface area contributed by atoms with E-state index < -0.39 is 42.5 Å². The highest BCUT2D eigenvalue weighted by Gasteiger charge is 2.51. The number of nitrogens with two attached hydrogens (primary N) is 1. The molecular weight excluding hydrogens is 469 g/mol. The second-order valence-corrected chi connectivity index (χ2v) is 13.1. The van der Waals surface area contributed by atoms with Gasteiger partial charge in [0.05, 0.1) is 24.9 Å². The van der Waals surface area contributed by atoms with Crippen LogP contribution < -0.4 is 11.4 Å². The van der Waals surface area contributed by atoms with Gasteiger partial charge in [0.2, 0.25) is 0 Å². The Morgan fingerprint density at radius 2 is 1.88 bits per heavy atom. The Balaban J connectivity index is 2.50. The highest BCUT2D eigenvalue weighted by atomic mass is 32.5. The van der Waals surface area contributed by atoms with Crippen LogP contribution in [0, 0.1) is 12.3 Å². The summed E-state index contributed by atoms with van der Waals surface area (Å²) in [7, 11) is 1.56. The number of nitrogens with zero attached hydrogens (tertiary/aromatic N) is 2. The van der Waals surface area contributed by atoms with E-state index in [4.69, 9.17) is 40.8 Å². The van der Waals surface area contributed by atoms with E-state index in [9.17, 15) is 9.69 Å². The zero-order valence-corrected chi connectivity index (χ0v) is 22.4. The molecule has 5 atom stereocenters. The lowest BCUT2D eigenvalue weighted by molar-refractivity contribution is -0.0807. The molecule has 1 aromatic heterocycles. The zero-order chi connectivity index (χ0) is 25.2. The van der Waals surface area contributed by atoms with E-state index in [-0.39, 0.29) is 17.8 Å². The van der Waals surface area contributed by atoms with Crippen LogP contribution in [0.5, 0.6) is 0 Å². The highest BCUT2D eigenvalue weighted by molar-refractivity contribution is 8.07. The number of aromatic nitrogens is 2. The third kappa shape index (κ3) is 8.36. The quantitative estimate of drug-likeness (QED) is 0.380. The molecule has 190 valence electrons. The van der Waals surface area contributed by atoms with Gasteiger partial charge in [-0.1, -0.05) is 20.8 Å². The molecular formula is C21H38N3O7PS. The van der Waals surface area contributed by atoms with E-state index in [1.165, 1.54) is 4.57 Å². The van der Waals surface area contributed by atoms with Crippen LogP contribution in [0.3, 0.4) is 0 Å². The first-order valence-electron chi connectivity index (χ1n) is 10.9. The van der Waals surface area contributed by atoms with Crippen LogP contribution in [-0.2, 0) is 35.1 Å². The Bertz CT molecular complexity index is 913. The minimum absolute atomic E-state index is 0.148. The minimum Gasteiger partial charge on any atom is -0.383 e. The van der Waals surface area contributed by atoms with Crippen LogP contribution in [0.4, 0.5) is 5.82 Å². The Hall–Kier alpha value is -0.910. The molecule has 1 aromatic rings. The molecule has 33 heavy (non-hydrogen) atoms. The summed E-state index contributed by atoms with van der Waals surface area (Å²) in [6.45, 7) is 10.1. The van der Waals surface area contributed by atoms with Crippen molar-refractivity contribution in [3.8, 4) is 0 Å². The fourth-order valence-corrected chi connectivity index (χ4v) is 5.82. The van der Waals surface area contributed by atoms with Gasteiger partial charge in [-0.05, 0) is 51.3 Å². The van der Waals surface area contributed by atoms with Crippen LogP contribution in [0.1, 0.15) is 59.8 Å². The number of ether oxygens (including phenoxy) is 3. The van der Waals surface area contributed by atoms with Crippen molar-refractivity contribution in [1.29, 1.82) is 0 Å². The monoisotopic (exact) mass is 507 g/mol. The molecule has 0 bridgehead atoms. The molecule has 1 fully saturated rings. The molecule has 1 unspecified atom stereocenters. The fourth-order valence-electron chi connectivity index (χ4n) is 3.55.